The molecule has 0 bridgehead atoms. The van der Waals surface area contributed by atoms with Crippen LogP contribution in [-0.4, -0.2) is 57.0 Å². The van der Waals surface area contributed by atoms with Crippen LogP contribution in [0, 0.1) is 0 Å². The maximum absolute atomic E-state index is 12.5. The predicted octanol–water partition coefficient (Wildman–Crippen LogP) is 4.21. The quantitative estimate of drug-likeness (QED) is 0.488. The van der Waals surface area contributed by atoms with Gasteiger partial charge in [0.15, 0.2) is 0 Å². The number of carbonyl (C=O) groups is 1. The Labute approximate surface area is 193 Å². The van der Waals surface area contributed by atoms with Crippen molar-refractivity contribution in [2.45, 2.75) is 57.2 Å². The lowest BCUT2D eigenvalue weighted by molar-refractivity contribution is -0.131. The Morgan fingerprint density at radius 1 is 1.22 bits per heavy atom. The van der Waals surface area contributed by atoms with E-state index in [0.717, 1.165) is 73.2 Å². The molecule has 5 rings (SSSR count). The molecule has 1 aliphatic heterocycles. The molecule has 0 spiro atoms. The number of carbonyl (C=O) groups excluding carboxylic acids is 1. The molecule has 1 aliphatic carbocycles. The van der Waals surface area contributed by atoms with Crippen LogP contribution in [-0.2, 0) is 4.79 Å². The van der Waals surface area contributed by atoms with Gasteiger partial charge in [0.2, 0.25) is 5.91 Å². The third-order valence-corrected chi connectivity index (χ3v) is 7.01. The van der Waals surface area contributed by atoms with Crippen molar-refractivity contribution in [1.29, 1.82) is 0 Å². The van der Waals surface area contributed by atoms with E-state index in [4.69, 9.17) is 11.6 Å². The van der Waals surface area contributed by atoms with E-state index < -0.39 is 0 Å². The first-order valence-corrected chi connectivity index (χ1v) is 11.9. The first-order valence-electron chi connectivity index (χ1n) is 11.5. The summed E-state index contributed by atoms with van der Waals surface area (Å²) in [6.07, 6.45) is 8.66. The van der Waals surface area contributed by atoms with Crippen molar-refractivity contribution in [3.8, 4) is 11.1 Å². The number of nitrogens with zero attached hydrogens (tertiary/aromatic N) is 3. The molecule has 4 heterocycles. The summed E-state index contributed by atoms with van der Waals surface area (Å²) in [5, 5.41) is 8.36. The Bertz CT molecular complexity index is 1100. The van der Waals surface area contributed by atoms with Crippen molar-refractivity contribution in [1.82, 2.24) is 25.2 Å². The molecule has 1 amide bonds. The number of likely N-dealkylation sites (N-methyl/N-ethyl adjacent to an activating group) is 1. The molecule has 3 N–H and O–H groups in total. The van der Waals surface area contributed by atoms with Crippen LogP contribution in [0.15, 0.2) is 36.7 Å². The summed E-state index contributed by atoms with van der Waals surface area (Å²) in [4.78, 5) is 26.8. The molecule has 7 nitrogen and oxygen atoms in total. The van der Waals surface area contributed by atoms with Gasteiger partial charge in [-0.1, -0.05) is 18.5 Å². The van der Waals surface area contributed by atoms with Crippen molar-refractivity contribution in [3.63, 3.8) is 0 Å². The molecule has 1 unspecified atom stereocenters. The lowest BCUT2D eigenvalue weighted by Crippen LogP contribution is -2.57. The average Bonchev–Trinajstić information content (AvgIpc) is 3.18. The van der Waals surface area contributed by atoms with Crippen LogP contribution in [0.4, 0.5) is 5.82 Å². The van der Waals surface area contributed by atoms with Crippen LogP contribution < -0.4 is 10.6 Å². The number of pyridine rings is 2. The summed E-state index contributed by atoms with van der Waals surface area (Å²) in [5.74, 6) is 0.982. The van der Waals surface area contributed by atoms with E-state index in [1.807, 2.05) is 24.4 Å². The molecular weight excluding hydrogens is 424 g/mol. The minimum atomic E-state index is 0.0737. The van der Waals surface area contributed by atoms with Crippen LogP contribution in [0.25, 0.3) is 22.2 Å². The summed E-state index contributed by atoms with van der Waals surface area (Å²) in [7, 11) is 0. The molecule has 8 heteroatoms. The largest absolute Gasteiger partial charge is 0.367 e. The smallest absolute Gasteiger partial charge is 0.237 e. The fraction of sp³-hybridized carbons (Fsp3) is 0.458. The Morgan fingerprint density at radius 3 is 2.78 bits per heavy atom. The predicted molar refractivity (Wildman–Crippen MR) is 128 cm³/mol. The van der Waals surface area contributed by atoms with Crippen molar-refractivity contribution in [3.05, 3.63) is 41.8 Å². The number of amides is 1. The van der Waals surface area contributed by atoms with Crippen molar-refractivity contribution < 1.29 is 4.79 Å². The molecule has 32 heavy (non-hydrogen) atoms. The summed E-state index contributed by atoms with van der Waals surface area (Å²) >= 11 is 6.36. The molecule has 0 aromatic carbocycles. The number of anilines is 1. The van der Waals surface area contributed by atoms with E-state index in [2.05, 4.69) is 43.5 Å². The number of fused-ring (bicyclic) bond motifs is 1. The lowest BCUT2D eigenvalue weighted by atomic mass is 9.90. The van der Waals surface area contributed by atoms with Gasteiger partial charge in [0, 0.05) is 42.0 Å². The normalized spacial score (nSPS) is 23.6. The lowest BCUT2D eigenvalue weighted by Gasteiger charge is -2.40. The summed E-state index contributed by atoms with van der Waals surface area (Å²) in [6.45, 7) is 4.09. The van der Waals surface area contributed by atoms with Crippen LogP contribution >= 0.6 is 11.6 Å². The number of halogens is 1. The van der Waals surface area contributed by atoms with E-state index in [9.17, 15) is 4.79 Å². The van der Waals surface area contributed by atoms with Crippen LogP contribution in [0.1, 0.15) is 39.0 Å². The summed E-state index contributed by atoms with van der Waals surface area (Å²) in [5.41, 5.74) is 2.92. The molecule has 3 aromatic heterocycles. The van der Waals surface area contributed by atoms with E-state index in [1.54, 1.807) is 6.20 Å². The number of rotatable bonds is 6. The van der Waals surface area contributed by atoms with E-state index in [0.29, 0.717) is 11.2 Å². The van der Waals surface area contributed by atoms with Gasteiger partial charge in [-0.25, -0.2) is 9.97 Å². The zero-order valence-electron chi connectivity index (χ0n) is 18.3. The van der Waals surface area contributed by atoms with Crippen LogP contribution in [0.2, 0.25) is 5.15 Å². The first kappa shape index (κ1) is 21.2. The zero-order valence-corrected chi connectivity index (χ0v) is 19.0. The standard InChI is InChI=1S/C24H29ClN6O/c1-2-31-11-9-20(31)24(32)29-17-7-5-16(6-8-17)28-22-13-15(12-21(25)30-22)19-14-27-23-18(19)4-3-10-26-23/h3-4,10,12-14,16-17,20H,2,5-9,11H2,1H3,(H,26,27)(H,28,30)(H,29,32)/t16-,17-,20?. The zero-order chi connectivity index (χ0) is 22.1. The van der Waals surface area contributed by atoms with Gasteiger partial charge >= 0.3 is 0 Å². The number of hydrogen-bond acceptors (Lipinski definition) is 5. The molecule has 3 aromatic rings. The topological polar surface area (TPSA) is 85.9 Å². The number of H-pyrrole nitrogens is 1. The third kappa shape index (κ3) is 4.32. The molecular formula is C24H29ClN6O. The molecule has 0 radical (unpaired) electrons. The highest BCUT2D eigenvalue weighted by molar-refractivity contribution is 6.29. The van der Waals surface area contributed by atoms with Crippen molar-refractivity contribution >= 4 is 34.4 Å². The second kappa shape index (κ2) is 9.08. The van der Waals surface area contributed by atoms with Gasteiger partial charge in [-0.3, -0.25) is 9.69 Å². The van der Waals surface area contributed by atoms with Gasteiger partial charge in [0.25, 0.3) is 0 Å². The molecule has 1 saturated carbocycles. The van der Waals surface area contributed by atoms with Gasteiger partial charge < -0.3 is 15.6 Å². The number of aromatic nitrogens is 3. The van der Waals surface area contributed by atoms with Gasteiger partial charge in [-0.15, -0.1) is 0 Å². The van der Waals surface area contributed by atoms with Crippen LogP contribution in [0.5, 0.6) is 0 Å². The summed E-state index contributed by atoms with van der Waals surface area (Å²) < 4.78 is 0. The highest BCUT2D eigenvalue weighted by Crippen LogP contribution is 2.31. The number of hydrogen-bond donors (Lipinski definition) is 3. The fourth-order valence-corrected chi connectivity index (χ4v) is 5.13. The minimum Gasteiger partial charge on any atom is -0.367 e. The molecule has 1 saturated heterocycles. The number of nitrogens with one attached hydrogen (secondary N) is 3. The van der Waals surface area contributed by atoms with Gasteiger partial charge in [-0.2, -0.15) is 0 Å². The van der Waals surface area contributed by atoms with Crippen LogP contribution in [0.3, 0.4) is 0 Å². The minimum absolute atomic E-state index is 0.0737. The highest BCUT2D eigenvalue weighted by Gasteiger charge is 2.34. The first-order chi connectivity index (χ1) is 15.6. The van der Waals surface area contributed by atoms with E-state index in [-0.39, 0.29) is 18.0 Å². The Morgan fingerprint density at radius 2 is 2.03 bits per heavy atom. The average molecular weight is 453 g/mol. The van der Waals surface area contributed by atoms with Gasteiger partial charge in [0.1, 0.15) is 16.6 Å². The maximum atomic E-state index is 12.5. The van der Waals surface area contributed by atoms with Gasteiger partial charge in [-0.05, 0) is 68.5 Å². The highest BCUT2D eigenvalue weighted by atomic mass is 35.5. The summed E-state index contributed by atoms with van der Waals surface area (Å²) in [6, 6.07) is 8.58. The van der Waals surface area contributed by atoms with Gasteiger partial charge in [0.05, 0.1) is 6.04 Å². The van der Waals surface area contributed by atoms with E-state index in [1.165, 1.54) is 0 Å². The third-order valence-electron chi connectivity index (χ3n) is 6.82. The second-order valence-corrected chi connectivity index (χ2v) is 9.19. The Kier molecular flexibility index (Phi) is 6.02. The molecule has 2 aliphatic rings. The molecule has 168 valence electrons. The van der Waals surface area contributed by atoms with Crippen molar-refractivity contribution in [2.24, 2.45) is 0 Å². The maximum Gasteiger partial charge on any atom is 0.237 e. The molecule has 2 fully saturated rings. The SMILES string of the molecule is CCN1CCC1C(=O)N[C@H]1CC[C@H](Nc2cc(-c3c[nH]c4ncccc34)cc(Cl)n2)CC1. The Balaban J connectivity index is 1.21. The Hall–Kier alpha value is -2.64. The van der Waals surface area contributed by atoms with E-state index >= 15 is 0 Å². The monoisotopic (exact) mass is 452 g/mol. The van der Waals surface area contributed by atoms with Crippen molar-refractivity contribution in [2.75, 3.05) is 18.4 Å². The number of aromatic amines is 1. The molecule has 1 atom stereocenters. The fourth-order valence-electron chi connectivity index (χ4n) is 4.93. The second-order valence-electron chi connectivity index (χ2n) is 8.80. The number of likely N-dealkylation sites (tertiary alicyclic amines) is 1.